The summed E-state index contributed by atoms with van der Waals surface area (Å²) < 4.78 is 16.0. The summed E-state index contributed by atoms with van der Waals surface area (Å²) in [6, 6.07) is 0. The Morgan fingerprint density at radius 3 is 1.65 bits per heavy atom. The quantitative estimate of drug-likeness (QED) is 0.267. The second kappa shape index (κ2) is 12.0. The summed E-state index contributed by atoms with van der Waals surface area (Å²) in [5, 5.41) is 0. The van der Waals surface area contributed by atoms with Gasteiger partial charge in [-0.3, -0.25) is 4.57 Å². The van der Waals surface area contributed by atoms with Crippen LogP contribution in [0, 0.1) is 0 Å². The van der Waals surface area contributed by atoms with Crippen LogP contribution in [0.5, 0.6) is 0 Å². The van der Waals surface area contributed by atoms with E-state index in [0.29, 0.717) is 6.61 Å². The van der Waals surface area contributed by atoms with Crippen LogP contribution < -0.4 is 0 Å². The summed E-state index contributed by atoms with van der Waals surface area (Å²) in [7, 11) is 0. The van der Waals surface area contributed by atoms with Crippen LogP contribution in [0.3, 0.4) is 0 Å². The molecule has 0 aliphatic carbocycles. The summed E-state index contributed by atoms with van der Waals surface area (Å²) in [5.41, 5.74) is 0. The SMILES string of the molecule is CCCCCCCCCCCCOP(=O)(S)S. The van der Waals surface area contributed by atoms with Crippen molar-refractivity contribution in [1.82, 2.24) is 0 Å². The van der Waals surface area contributed by atoms with Gasteiger partial charge >= 0.3 is 5.77 Å². The standard InChI is InChI=1S/C12H27O2PS2/c1-2-3-4-5-6-7-8-9-10-11-12-14-15(13,16)17/h2-12H2,1H3,(H2,13,16,17). The van der Waals surface area contributed by atoms with E-state index in [4.69, 9.17) is 4.52 Å². The van der Waals surface area contributed by atoms with E-state index < -0.39 is 5.77 Å². The molecule has 0 aromatic carbocycles. The second-order valence-corrected chi connectivity index (χ2v) is 9.85. The van der Waals surface area contributed by atoms with Crippen molar-refractivity contribution < 1.29 is 9.09 Å². The van der Waals surface area contributed by atoms with E-state index in [1.807, 2.05) is 0 Å². The van der Waals surface area contributed by atoms with E-state index in [1.54, 1.807) is 0 Å². The van der Waals surface area contributed by atoms with Gasteiger partial charge in [0.1, 0.15) is 0 Å². The van der Waals surface area contributed by atoms with Gasteiger partial charge in [-0.05, 0) is 6.42 Å². The summed E-state index contributed by atoms with van der Waals surface area (Å²) in [4.78, 5) is 0. The minimum Gasteiger partial charge on any atom is -0.314 e. The molecule has 0 N–H and O–H groups in total. The summed E-state index contributed by atoms with van der Waals surface area (Å²) >= 11 is 7.50. The number of hydrogen-bond donors (Lipinski definition) is 2. The maximum Gasteiger partial charge on any atom is 0.307 e. The highest BCUT2D eigenvalue weighted by atomic mass is 33.1. The molecule has 0 heterocycles. The topological polar surface area (TPSA) is 26.3 Å². The molecular weight excluding hydrogens is 271 g/mol. The summed E-state index contributed by atoms with van der Waals surface area (Å²) in [6.45, 7) is 2.76. The van der Waals surface area contributed by atoms with Gasteiger partial charge in [0.25, 0.3) is 0 Å². The van der Waals surface area contributed by atoms with Gasteiger partial charge < -0.3 is 4.52 Å². The minimum absolute atomic E-state index is 0.515. The van der Waals surface area contributed by atoms with Crippen molar-refractivity contribution in [3.05, 3.63) is 0 Å². The van der Waals surface area contributed by atoms with E-state index in [1.165, 1.54) is 51.4 Å². The lowest BCUT2D eigenvalue weighted by atomic mass is 10.1. The first-order valence-electron chi connectivity index (χ1n) is 6.76. The molecule has 0 aliphatic rings. The molecule has 0 rings (SSSR count). The molecule has 0 aromatic heterocycles. The lowest BCUT2D eigenvalue weighted by Gasteiger charge is -2.06. The fraction of sp³-hybridized carbons (Fsp3) is 1.00. The van der Waals surface area contributed by atoms with Gasteiger partial charge in [-0.25, -0.2) is 0 Å². The Kier molecular flexibility index (Phi) is 12.6. The Balaban J connectivity index is 3.01. The molecule has 5 heteroatoms. The lowest BCUT2D eigenvalue weighted by Crippen LogP contribution is -1.88. The molecule has 17 heavy (non-hydrogen) atoms. The van der Waals surface area contributed by atoms with E-state index >= 15 is 0 Å². The predicted octanol–water partition coefficient (Wildman–Crippen LogP) is 5.89. The Bertz CT molecular complexity index is 207. The first-order chi connectivity index (χ1) is 8.06. The molecule has 0 unspecified atom stereocenters. The molecule has 0 radical (unpaired) electrons. The molecule has 2 nitrogen and oxygen atoms in total. The average Bonchev–Trinajstić information content (AvgIpc) is 2.24. The molecule has 0 saturated heterocycles. The predicted molar refractivity (Wildman–Crippen MR) is 83.4 cm³/mol. The highest BCUT2D eigenvalue weighted by Gasteiger charge is 2.08. The molecular formula is C12H27O2PS2. The molecule has 0 atom stereocenters. The van der Waals surface area contributed by atoms with Gasteiger partial charge in [-0.2, -0.15) is 0 Å². The first kappa shape index (κ1) is 17.9. The smallest absolute Gasteiger partial charge is 0.307 e. The van der Waals surface area contributed by atoms with Gasteiger partial charge in [-0.15, -0.1) is 0 Å². The number of unbranched alkanes of at least 4 members (excludes halogenated alkanes) is 9. The number of rotatable bonds is 12. The Labute approximate surface area is 117 Å². The molecule has 0 bridgehead atoms. The van der Waals surface area contributed by atoms with Gasteiger partial charge in [-0.1, -0.05) is 89.2 Å². The molecule has 0 aliphatic heterocycles. The largest absolute Gasteiger partial charge is 0.314 e. The lowest BCUT2D eigenvalue weighted by molar-refractivity contribution is 0.322. The van der Waals surface area contributed by atoms with Gasteiger partial charge in [0.2, 0.25) is 0 Å². The van der Waals surface area contributed by atoms with Crippen molar-refractivity contribution in [2.24, 2.45) is 0 Å². The van der Waals surface area contributed by atoms with Crippen LogP contribution in [-0.4, -0.2) is 6.61 Å². The molecule has 0 fully saturated rings. The minimum atomic E-state index is -2.85. The zero-order valence-corrected chi connectivity index (χ0v) is 13.6. The van der Waals surface area contributed by atoms with E-state index in [2.05, 4.69) is 31.4 Å². The van der Waals surface area contributed by atoms with Gasteiger partial charge in [0, 0.05) is 0 Å². The maximum atomic E-state index is 11.0. The maximum absolute atomic E-state index is 11.0. The molecule has 0 amide bonds. The normalized spacial score (nSPS) is 11.9. The van der Waals surface area contributed by atoms with Crippen LogP contribution in [0.25, 0.3) is 0 Å². The Hall–Kier alpha value is 0.890. The Morgan fingerprint density at radius 2 is 1.24 bits per heavy atom. The zero-order chi connectivity index (χ0) is 13.0. The van der Waals surface area contributed by atoms with Crippen molar-refractivity contribution in [2.45, 2.75) is 71.1 Å². The fourth-order valence-corrected chi connectivity index (χ4v) is 2.63. The number of hydrogen-bond acceptors (Lipinski definition) is 2. The molecule has 104 valence electrons. The Morgan fingerprint density at radius 1 is 0.824 bits per heavy atom. The fourth-order valence-electron chi connectivity index (χ4n) is 1.77. The van der Waals surface area contributed by atoms with Crippen molar-refractivity contribution in [3.63, 3.8) is 0 Å². The third kappa shape index (κ3) is 16.9. The van der Waals surface area contributed by atoms with E-state index in [0.717, 1.165) is 12.8 Å². The van der Waals surface area contributed by atoms with Crippen LogP contribution in [0.15, 0.2) is 0 Å². The van der Waals surface area contributed by atoms with Crippen molar-refractivity contribution >= 4 is 30.3 Å². The van der Waals surface area contributed by atoms with Crippen LogP contribution in [0.1, 0.15) is 71.1 Å². The highest BCUT2D eigenvalue weighted by molar-refractivity contribution is 8.79. The van der Waals surface area contributed by atoms with Gasteiger partial charge in [0.15, 0.2) is 0 Å². The van der Waals surface area contributed by atoms with Crippen LogP contribution in [-0.2, 0) is 9.09 Å². The first-order valence-corrected chi connectivity index (χ1v) is 10.7. The molecule has 0 saturated carbocycles. The van der Waals surface area contributed by atoms with E-state index in [-0.39, 0.29) is 0 Å². The van der Waals surface area contributed by atoms with Crippen LogP contribution >= 0.6 is 30.3 Å². The molecule has 0 spiro atoms. The monoisotopic (exact) mass is 298 g/mol. The van der Waals surface area contributed by atoms with E-state index in [9.17, 15) is 4.57 Å². The third-order valence-electron chi connectivity index (χ3n) is 2.76. The van der Waals surface area contributed by atoms with Crippen LogP contribution in [0.4, 0.5) is 0 Å². The highest BCUT2D eigenvalue weighted by Crippen LogP contribution is 2.56. The third-order valence-corrected chi connectivity index (χ3v) is 3.97. The second-order valence-electron chi connectivity index (χ2n) is 4.51. The number of thiol groups is 2. The van der Waals surface area contributed by atoms with Crippen LogP contribution in [0.2, 0.25) is 0 Å². The summed E-state index contributed by atoms with van der Waals surface area (Å²) in [6.07, 6.45) is 12.9. The van der Waals surface area contributed by atoms with Gasteiger partial charge in [0.05, 0.1) is 6.61 Å². The summed E-state index contributed by atoms with van der Waals surface area (Å²) in [5.74, 6) is -2.85. The van der Waals surface area contributed by atoms with Crippen molar-refractivity contribution in [2.75, 3.05) is 6.61 Å². The van der Waals surface area contributed by atoms with Crippen molar-refractivity contribution in [1.29, 1.82) is 0 Å². The van der Waals surface area contributed by atoms with Crippen molar-refractivity contribution in [3.8, 4) is 0 Å². The zero-order valence-electron chi connectivity index (χ0n) is 10.9. The average molecular weight is 298 g/mol. The molecule has 0 aromatic rings.